The van der Waals surface area contributed by atoms with E-state index in [4.69, 9.17) is 98.9 Å². The third-order valence-corrected chi connectivity index (χ3v) is 27.3. The zero-order valence-electron chi connectivity index (χ0n) is 67.7. The first kappa shape index (κ1) is 91.6. The highest BCUT2D eigenvalue weighted by Crippen LogP contribution is 2.50. The van der Waals surface area contributed by atoms with E-state index >= 15 is 0 Å². The van der Waals surface area contributed by atoms with Crippen LogP contribution in [0.2, 0.25) is 56.4 Å². The van der Waals surface area contributed by atoms with Gasteiger partial charge in [0.15, 0.2) is 16.6 Å². The number of nitrogens with zero attached hydrogens (tertiary/aromatic N) is 11. The number of aromatic nitrogens is 4. The van der Waals surface area contributed by atoms with Crippen LogP contribution in [0.15, 0.2) is 73.3 Å². The van der Waals surface area contributed by atoms with Crippen molar-refractivity contribution in [3.63, 3.8) is 0 Å². The van der Waals surface area contributed by atoms with Crippen molar-refractivity contribution in [3.8, 4) is 23.0 Å². The van der Waals surface area contributed by atoms with Gasteiger partial charge in [-0.15, -0.1) is 0 Å². The standard InChI is InChI=1S/C37H50Cl2N6O10Si.C37H52Cl2N6O8Si/c1-35(2,3)54-33(47)43(23-16-15-22(17-24(23)45(49)50)20-53-56(13,14)37(7,8)9)28-19-27(40-21-41-28)42(10)32(46)44(34(48)55-36(4,5)6)31-29(38)25(51-11)18-26(52-12)30(31)39;1-35(2,3)52-33(47)44(24-16-15-22(17-23(24)40)20-51-54(13,14)37(7,8)9)28-19-27(41-21-42-28)43(10)32(46)45(34(48)53-36(4,5)6)31-29(38)25(49-11)18-26(50-12)30(31)39/h15-19,21H,20H2,1-14H3;15-19,21H,20,40H2,1-14H3. The highest BCUT2D eigenvalue weighted by Gasteiger charge is 2.43. The van der Waals surface area contributed by atoms with E-state index in [1.165, 1.54) is 83.8 Å². The highest BCUT2D eigenvalue weighted by molar-refractivity contribution is 6.74. The minimum atomic E-state index is -2.22. The number of ether oxygens (including phenoxy) is 8. The van der Waals surface area contributed by atoms with Crippen LogP contribution in [-0.2, 0) is 41.0 Å². The molecule has 2 heterocycles. The lowest BCUT2D eigenvalue weighted by Gasteiger charge is -2.36. The third kappa shape index (κ3) is 23.1. The number of anilines is 9. The number of benzene rings is 4. The molecule has 0 aliphatic heterocycles. The lowest BCUT2D eigenvalue weighted by atomic mass is 10.1. The minimum Gasteiger partial charge on any atom is -0.495 e. The first-order valence-electron chi connectivity index (χ1n) is 34.3. The van der Waals surface area contributed by atoms with Gasteiger partial charge in [-0.2, -0.15) is 9.80 Å². The van der Waals surface area contributed by atoms with Gasteiger partial charge in [-0.25, -0.2) is 58.5 Å². The number of nitro groups is 1. The number of nitrogen functional groups attached to an aromatic ring is 1. The van der Waals surface area contributed by atoms with Gasteiger partial charge in [-0.3, -0.25) is 19.9 Å². The van der Waals surface area contributed by atoms with Crippen LogP contribution in [-0.4, -0.2) is 143 Å². The zero-order chi connectivity index (χ0) is 83.9. The number of methoxy groups -OCH3 is 4. The maximum absolute atomic E-state index is 14.4. The molecule has 6 aromatic rings. The number of hydrogen-bond acceptors (Lipinski definition) is 23. The summed E-state index contributed by atoms with van der Waals surface area (Å²) < 4.78 is 56.8. The van der Waals surface area contributed by atoms with Crippen molar-refractivity contribution >= 4 is 157 Å². The molecule has 602 valence electrons. The Morgan fingerprint density at radius 2 is 0.736 bits per heavy atom. The maximum Gasteiger partial charge on any atom is 0.423 e. The Morgan fingerprint density at radius 1 is 0.445 bits per heavy atom. The van der Waals surface area contributed by atoms with Crippen molar-refractivity contribution in [1.82, 2.24) is 19.9 Å². The second kappa shape index (κ2) is 35.6. The molecular weight excluding hydrogens is 1540 g/mol. The van der Waals surface area contributed by atoms with Crippen molar-refractivity contribution in [1.29, 1.82) is 0 Å². The molecule has 0 fully saturated rings. The topological polar surface area (TPSA) is 335 Å². The number of rotatable bonds is 19. The summed E-state index contributed by atoms with van der Waals surface area (Å²) in [5, 5.41) is 11.7. The van der Waals surface area contributed by atoms with E-state index < -0.39 is 86.1 Å². The summed E-state index contributed by atoms with van der Waals surface area (Å²) in [4.78, 5) is 118. The van der Waals surface area contributed by atoms with Crippen molar-refractivity contribution in [2.75, 3.05) is 77.7 Å². The fourth-order valence-corrected chi connectivity index (χ4v) is 12.4. The molecule has 0 unspecified atom stereocenters. The molecule has 2 aromatic heterocycles. The monoisotopic (exact) mass is 1640 g/mol. The molecule has 0 bridgehead atoms. The first-order valence-corrected chi connectivity index (χ1v) is 41.6. The van der Waals surface area contributed by atoms with Gasteiger partial charge in [0.2, 0.25) is 0 Å². The fourth-order valence-electron chi connectivity index (χ4n) is 9.16. The molecule has 0 saturated carbocycles. The van der Waals surface area contributed by atoms with Crippen LogP contribution >= 0.6 is 46.4 Å². The molecule has 0 spiro atoms. The van der Waals surface area contributed by atoms with Crippen LogP contribution in [0.3, 0.4) is 0 Å². The molecule has 0 atom stereocenters. The number of hydrogen-bond donors (Lipinski definition) is 1. The average Bonchev–Trinajstić information content (AvgIpc) is 0.775. The molecule has 8 amide bonds. The SMILES string of the molecule is COc1cc(OC)c(Cl)c(N(C(=O)OC(C)(C)C)C(=O)N(C)c2cc(N(C(=O)OC(C)(C)C)c3ccc(CO[Si](C)(C)C(C)(C)C)cc3N)ncn2)c1Cl.COc1cc(OC)c(Cl)c(N(C(=O)OC(C)(C)C)C(=O)N(C)c2cc(N(C(=O)OC(C)(C)C)c3ccc(CO[Si](C)(C)C(C)(C)C)cc3[N+](=O)[O-])ncn2)c1Cl. The molecule has 110 heavy (non-hydrogen) atoms. The van der Waals surface area contributed by atoms with Crippen molar-refractivity contribution in [2.45, 2.75) is 197 Å². The number of halogens is 4. The third-order valence-electron chi connectivity index (χ3n) is 16.9. The van der Waals surface area contributed by atoms with Gasteiger partial charge in [-0.1, -0.05) is 100 Å². The highest BCUT2D eigenvalue weighted by atomic mass is 35.5. The first-order chi connectivity index (χ1) is 50.4. The molecule has 4 aromatic carbocycles. The Kier molecular flexibility index (Phi) is 29.6. The number of nitro benzene ring substituents is 1. The van der Waals surface area contributed by atoms with Crippen LogP contribution in [0.5, 0.6) is 23.0 Å². The van der Waals surface area contributed by atoms with Crippen molar-refractivity contribution in [2.24, 2.45) is 0 Å². The van der Waals surface area contributed by atoms with Crippen LogP contribution in [0.4, 0.5) is 86.2 Å². The average molecular weight is 1650 g/mol. The molecule has 36 heteroatoms. The van der Waals surface area contributed by atoms with Crippen molar-refractivity contribution in [3.05, 3.63) is 115 Å². The smallest absolute Gasteiger partial charge is 0.423 e. The van der Waals surface area contributed by atoms with E-state index in [0.29, 0.717) is 22.0 Å². The Balaban J connectivity index is 0.000000394. The van der Waals surface area contributed by atoms with Crippen LogP contribution in [0.1, 0.15) is 136 Å². The molecule has 0 aliphatic carbocycles. The summed E-state index contributed by atoms with van der Waals surface area (Å²) in [6.07, 6.45) is -1.89. The Labute approximate surface area is 665 Å². The quantitative estimate of drug-likeness (QED) is 0.0259. The number of carbonyl (C=O) groups excluding carboxylic acids is 6. The molecule has 0 radical (unpaired) electrons. The van der Waals surface area contributed by atoms with E-state index in [-0.39, 0.29) is 111 Å². The number of imide groups is 2. The summed E-state index contributed by atoms with van der Waals surface area (Å²) in [6.45, 7) is 41.4. The normalized spacial score (nSPS) is 12.1. The summed E-state index contributed by atoms with van der Waals surface area (Å²) in [5.41, 5.74) is 3.20. The van der Waals surface area contributed by atoms with Gasteiger partial charge < -0.3 is 52.5 Å². The van der Waals surface area contributed by atoms with Crippen molar-refractivity contribution < 1.29 is 80.4 Å². The van der Waals surface area contributed by atoms with E-state index in [1.807, 2.05) is 6.07 Å². The Hall–Kier alpha value is -9.03. The number of nitrogens with two attached hydrogens (primary N) is 1. The van der Waals surface area contributed by atoms with Gasteiger partial charge in [0.05, 0.1) is 58.0 Å². The predicted molar refractivity (Wildman–Crippen MR) is 433 cm³/mol. The van der Waals surface area contributed by atoms with Gasteiger partial charge in [-0.05, 0) is 149 Å². The van der Waals surface area contributed by atoms with Gasteiger partial charge in [0.1, 0.15) is 118 Å². The Morgan fingerprint density at radius 3 is 1.03 bits per heavy atom. The minimum absolute atomic E-state index is 0.00815. The second-order valence-corrected chi connectivity index (χ2v) is 43.1. The van der Waals surface area contributed by atoms with E-state index in [2.05, 4.69) is 87.7 Å². The van der Waals surface area contributed by atoms with E-state index in [0.717, 1.165) is 32.9 Å². The summed E-state index contributed by atoms with van der Waals surface area (Å²) in [5.74, 6) is -0.187. The molecule has 30 nitrogen and oxygen atoms in total. The van der Waals surface area contributed by atoms with E-state index in [1.54, 1.807) is 101 Å². The van der Waals surface area contributed by atoms with Gasteiger partial charge >= 0.3 is 36.4 Å². The number of urea groups is 2. The van der Waals surface area contributed by atoms with Crippen LogP contribution < -0.4 is 54.1 Å². The predicted octanol–water partition coefficient (Wildman–Crippen LogP) is 20.3. The van der Waals surface area contributed by atoms with Crippen LogP contribution in [0.25, 0.3) is 0 Å². The number of carbonyl (C=O) groups is 6. The molecule has 0 aliphatic rings. The summed E-state index contributed by atoms with van der Waals surface area (Å²) >= 11 is 26.6. The second-order valence-electron chi connectivity index (χ2n) is 32.0. The molecule has 6 rings (SSSR count). The van der Waals surface area contributed by atoms with E-state index in [9.17, 15) is 38.9 Å². The number of amides is 8. The summed E-state index contributed by atoms with van der Waals surface area (Å²) in [7, 11) is 3.71. The molecule has 0 saturated heterocycles. The lowest BCUT2D eigenvalue weighted by molar-refractivity contribution is -0.384. The maximum atomic E-state index is 14.4. The molecule has 2 N–H and O–H groups in total. The fraction of sp³-hybridized carbons (Fsp3) is 0.486. The molecular formula is C74H102Cl4N12O18Si2. The van der Waals surface area contributed by atoms with Gasteiger partial charge in [0.25, 0.3) is 5.69 Å². The largest absolute Gasteiger partial charge is 0.495 e. The van der Waals surface area contributed by atoms with Crippen LogP contribution in [0, 0.1) is 10.1 Å². The lowest BCUT2D eigenvalue weighted by Crippen LogP contribution is -2.48. The van der Waals surface area contributed by atoms with Gasteiger partial charge in [0, 0.05) is 44.4 Å². The summed E-state index contributed by atoms with van der Waals surface area (Å²) in [6, 6.07) is 12.9. The Bertz CT molecular complexity index is 4350. The zero-order valence-corrected chi connectivity index (χ0v) is 72.7.